The van der Waals surface area contributed by atoms with Gasteiger partial charge in [0.2, 0.25) is 0 Å². The zero-order chi connectivity index (χ0) is 22.1. The highest BCUT2D eigenvalue weighted by atomic mass is 19.1. The van der Waals surface area contributed by atoms with Gasteiger partial charge in [-0.1, -0.05) is 6.07 Å². The second-order valence-corrected chi connectivity index (χ2v) is 7.06. The molecule has 0 spiro atoms. The molecule has 0 fully saturated rings. The van der Waals surface area contributed by atoms with Crippen LogP contribution in [-0.2, 0) is 6.42 Å². The van der Waals surface area contributed by atoms with Crippen molar-refractivity contribution in [3.8, 4) is 22.4 Å². The van der Waals surface area contributed by atoms with Gasteiger partial charge in [0.05, 0.1) is 11.9 Å². The lowest BCUT2D eigenvalue weighted by atomic mass is 10.0. The molecule has 0 saturated heterocycles. The Morgan fingerprint density at radius 2 is 1.74 bits per heavy atom. The third-order valence-electron chi connectivity index (χ3n) is 4.92. The minimum Gasteiger partial charge on any atom is -0.390 e. The first-order valence-corrected chi connectivity index (χ1v) is 10.2. The topological polar surface area (TPSA) is 92.1 Å². The largest absolute Gasteiger partial charge is 0.390 e. The van der Waals surface area contributed by atoms with Crippen LogP contribution in [0.4, 0.5) is 4.39 Å². The van der Waals surface area contributed by atoms with Gasteiger partial charge < -0.3 is 11.1 Å². The number of fused-ring (bicyclic) bond motifs is 1. The zero-order valence-corrected chi connectivity index (χ0v) is 17.6. The second-order valence-electron chi connectivity index (χ2n) is 7.06. The highest BCUT2D eigenvalue weighted by Crippen LogP contribution is 2.35. The lowest BCUT2D eigenvalue weighted by Crippen LogP contribution is -2.07. The number of unbranched alkanes of at least 4 members (excludes halogenated alkanes) is 1. The summed E-state index contributed by atoms with van der Waals surface area (Å²) < 4.78 is 15.4. The van der Waals surface area contributed by atoms with Gasteiger partial charge >= 0.3 is 0 Å². The van der Waals surface area contributed by atoms with Crippen molar-refractivity contribution in [1.29, 1.82) is 5.41 Å². The van der Waals surface area contributed by atoms with Gasteiger partial charge in [0.25, 0.3) is 0 Å². The molecule has 6 nitrogen and oxygen atoms in total. The molecule has 0 amide bonds. The van der Waals surface area contributed by atoms with Crippen LogP contribution in [0.5, 0.6) is 0 Å². The molecule has 1 aromatic carbocycles. The smallest absolute Gasteiger partial charge is 0.123 e. The summed E-state index contributed by atoms with van der Waals surface area (Å²) in [5, 5.41) is 13.9. The van der Waals surface area contributed by atoms with Crippen molar-refractivity contribution in [1.82, 2.24) is 19.9 Å². The Labute approximate surface area is 181 Å². The standard InChI is InChI=1S/C23H23FN4.CH4N2/c1-25-13-3-2-4-17-5-10-21-22(18-11-14-26-15-12-18)23(27-28(21)16-17)19-6-8-20(24)9-7-19;2-1-3/h5-12,14-16,25H,2-4,13H2,1H3;1H,(H3,2,3). The number of rotatable bonds is 7. The third kappa shape index (κ3) is 5.52. The van der Waals surface area contributed by atoms with E-state index in [1.807, 2.05) is 23.7 Å². The highest BCUT2D eigenvalue weighted by molar-refractivity contribution is 5.92. The summed E-state index contributed by atoms with van der Waals surface area (Å²) in [5.74, 6) is -0.248. The monoisotopic (exact) mass is 418 g/mol. The van der Waals surface area contributed by atoms with Crippen molar-refractivity contribution < 1.29 is 4.39 Å². The van der Waals surface area contributed by atoms with Gasteiger partial charge in [0.1, 0.15) is 11.5 Å². The van der Waals surface area contributed by atoms with Crippen molar-refractivity contribution >= 4 is 11.9 Å². The maximum atomic E-state index is 13.4. The molecule has 160 valence electrons. The van der Waals surface area contributed by atoms with E-state index in [1.54, 1.807) is 24.5 Å². The van der Waals surface area contributed by atoms with Crippen LogP contribution in [0.3, 0.4) is 0 Å². The molecule has 0 atom stereocenters. The highest BCUT2D eigenvalue weighted by Gasteiger charge is 2.16. The summed E-state index contributed by atoms with van der Waals surface area (Å²) in [6.45, 7) is 1.03. The van der Waals surface area contributed by atoms with Gasteiger partial charge in [0, 0.05) is 29.7 Å². The average molecular weight is 419 g/mol. The minimum absolute atomic E-state index is 0.248. The van der Waals surface area contributed by atoms with Gasteiger partial charge in [-0.3, -0.25) is 10.4 Å². The molecular weight excluding hydrogens is 391 g/mol. The Kier molecular flexibility index (Phi) is 7.84. The Balaban J connectivity index is 0.000000858. The normalized spacial score (nSPS) is 10.5. The molecule has 31 heavy (non-hydrogen) atoms. The van der Waals surface area contributed by atoms with Crippen molar-refractivity contribution in [2.45, 2.75) is 19.3 Å². The molecule has 0 saturated carbocycles. The first kappa shape index (κ1) is 22.1. The number of pyridine rings is 2. The van der Waals surface area contributed by atoms with E-state index >= 15 is 0 Å². The van der Waals surface area contributed by atoms with Gasteiger partial charge in [-0.25, -0.2) is 8.91 Å². The van der Waals surface area contributed by atoms with Crippen molar-refractivity contribution in [2.75, 3.05) is 13.6 Å². The molecule has 0 bridgehead atoms. The number of benzene rings is 1. The molecule has 0 aliphatic heterocycles. The molecule has 3 heterocycles. The van der Waals surface area contributed by atoms with Crippen LogP contribution >= 0.6 is 0 Å². The average Bonchev–Trinajstić information content (AvgIpc) is 3.17. The lowest BCUT2D eigenvalue weighted by molar-refractivity contribution is 0.628. The predicted molar refractivity (Wildman–Crippen MR) is 124 cm³/mol. The fraction of sp³-hybridized carbons (Fsp3) is 0.208. The van der Waals surface area contributed by atoms with Gasteiger partial charge in [-0.05, 0) is 86.4 Å². The summed E-state index contributed by atoms with van der Waals surface area (Å²) in [5.41, 5.74) is 10.5. The zero-order valence-electron chi connectivity index (χ0n) is 17.6. The van der Waals surface area contributed by atoms with Gasteiger partial charge in [-0.15, -0.1) is 0 Å². The number of hydrogen-bond donors (Lipinski definition) is 3. The predicted octanol–water partition coefficient (Wildman–Crippen LogP) is 4.30. The summed E-state index contributed by atoms with van der Waals surface area (Å²) in [4.78, 5) is 4.13. The van der Waals surface area contributed by atoms with Crippen LogP contribution in [0.2, 0.25) is 0 Å². The summed E-state index contributed by atoms with van der Waals surface area (Å²) in [6, 6.07) is 14.8. The van der Waals surface area contributed by atoms with E-state index in [-0.39, 0.29) is 5.82 Å². The maximum absolute atomic E-state index is 13.4. The minimum atomic E-state index is -0.248. The Hall–Kier alpha value is -3.58. The molecule has 0 aliphatic rings. The molecule has 3 aromatic heterocycles. The van der Waals surface area contributed by atoms with E-state index in [1.165, 1.54) is 17.7 Å². The number of nitrogens with one attached hydrogen (secondary N) is 2. The maximum Gasteiger partial charge on any atom is 0.123 e. The van der Waals surface area contributed by atoms with Crippen LogP contribution < -0.4 is 11.1 Å². The molecule has 0 unspecified atom stereocenters. The quantitative estimate of drug-likeness (QED) is 0.237. The van der Waals surface area contributed by atoms with E-state index in [0.29, 0.717) is 0 Å². The summed E-state index contributed by atoms with van der Waals surface area (Å²) in [7, 11) is 1.98. The van der Waals surface area contributed by atoms with Crippen LogP contribution in [-0.4, -0.2) is 34.5 Å². The number of nitrogens with zero attached hydrogens (tertiary/aromatic N) is 3. The third-order valence-corrected chi connectivity index (χ3v) is 4.92. The number of halogens is 1. The SMILES string of the molecule is CNCCCCc1ccc2c(-c3ccncc3)c(-c3ccc(F)cc3)nn2c1.N=CN. The summed E-state index contributed by atoms with van der Waals surface area (Å²) >= 11 is 0. The molecule has 7 heteroatoms. The molecular formula is C24H27FN6. The second kappa shape index (κ2) is 11.0. The molecule has 4 aromatic rings. The van der Waals surface area contributed by atoms with E-state index in [2.05, 4.69) is 34.4 Å². The van der Waals surface area contributed by atoms with E-state index in [0.717, 1.165) is 60.0 Å². The van der Waals surface area contributed by atoms with E-state index in [9.17, 15) is 4.39 Å². The van der Waals surface area contributed by atoms with Gasteiger partial charge in [-0.2, -0.15) is 5.10 Å². The van der Waals surface area contributed by atoms with Crippen molar-refractivity contribution in [3.63, 3.8) is 0 Å². The molecule has 0 radical (unpaired) electrons. The van der Waals surface area contributed by atoms with Gasteiger partial charge in [0.15, 0.2) is 0 Å². The first-order chi connectivity index (χ1) is 15.2. The van der Waals surface area contributed by atoms with Crippen LogP contribution in [0.25, 0.3) is 27.9 Å². The fourth-order valence-corrected chi connectivity index (χ4v) is 3.48. The molecule has 4 N–H and O–H groups in total. The van der Waals surface area contributed by atoms with Crippen LogP contribution in [0.1, 0.15) is 18.4 Å². The fourth-order valence-electron chi connectivity index (χ4n) is 3.48. The summed E-state index contributed by atoms with van der Waals surface area (Å²) in [6.07, 6.45) is 9.72. The molecule has 4 rings (SSSR count). The molecule has 0 aliphatic carbocycles. The lowest BCUT2D eigenvalue weighted by Gasteiger charge is -2.05. The number of hydrogen-bond acceptors (Lipinski definition) is 4. The van der Waals surface area contributed by atoms with E-state index in [4.69, 9.17) is 10.5 Å². The van der Waals surface area contributed by atoms with Crippen molar-refractivity contribution in [3.05, 3.63) is 78.5 Å². The first-order valence-electron chi connectivity index (χ1n) is 10.2. The van der Waals surface area contributed by atoms with Crippen molar-refractivity contribution in [2.24, 2.45) is 5.73 Å². The Bertz CT molecular complexity index is 1110. The number of aryl methyl sites for hydroxylation is 1. The van der Waals surface area contributed by atoms with E-state index < -0.39 is 0 Å². The number of nitrogens with two attached hydrogens (primary N) is 1. The number of aromatic nitrogens is 3. The Morgan fingerprint density at radius 3 is 2.42 bits per heavy atom. The van der Waals surface area contributed by atoms with Crippen LogP contribution in [0, 0.1) is 11.2 Å². The Morgan fingerprint density at radius 1 is 1.03 bits per heavy atom. The van der Waals surface area contributed by atoms with Crippen LogP contribution in [0.15, 0.2) is 67.1 Å².